The van der Waals surface area contributed by atoms with Gasteiger partial charge in [0.2, 0.25) is 0 Å². The van der Waals surface area contributed by atoms with Gasteiger partial charge in [0, 0.05) is 11.7 Å². The summed E-state index contributed by atoms with van der Waals surface area (Å²) in [5, 5.41) is 28.8. The van der Waals surface area contributed by atoms with Crippen molar-refractivity contribution in [1.29, 1.82) is 0 Å². The summed E-state index contributed by atoms with van der Waals surface area (Å²) >= 11 is 0. The van der Waals surface area contributed by atoms with Crippen molar-refractivity contribution in [2.24, 2.45) is 0 Å². The summed E-state index contributed by atoms with van der Waals surface area (Å²) in [7, 11) is -1.17. The lowest BCUT2D eigenvalue weighted by Crippen LogP contribution is -2.53. The number of hydrogen-bond donors (Lipinski definition) is 3. The molecule has 0 aliphatic carbocycles. The van der Waals surface area contributed by atoms with E-state index in [2.05, 4.69) is 4.98 Å². The Morgan fingerprint density at radius 3 is 2.28 bits per heavy atom. The average Bonchev–Trinajstić information content (AvgIpc) is 2.27. The zero-order chi connectivity index (χ0) is 14.0. The molecule has 18 heavy (non-hydrogen) atoms. The second-order valence-corrected chi connectivity index (χ2v) is 5.28. The lowest BCUT2D eigenvalue weighted by atomic mass is 9.77. The molecule has 0 unspecified atom stereocenters. The van der Waals surface area contributed by atoms with Gasteiger partial charge in [-0.1, -0.05) is 6.07 Å². The van der Waals surface area contributed by atoms with Gasteiger partial charge in [0.25, 0.3) is 0 Å². The van der Waals surface area contributed by atoms with Gasteiger partial charge in [-0.2, -0.15) is 0 Å². The molecule has 0 fully saturated rings. The standard InChI is InChI=1S/C12H20BNO4/c1-11(2,16)12(3,4)18-13(17)9-5-6-10(8-15)14-7-9/h5-7,15-17H,8H2,1-4H3. The van der Waals surface area contributed by atoms with Gasteiger partial charge in [0.15, 0.2) is 0 Å². The highest BCUT2D eigenvalue weighted by Crippen LogP contribution is 2.25. The third kappa shape index (κ3) is 3.52. The molecular formula is C12H20BNO4. The van der Waals surface area contributed by atoms with E-state index in [1.807, 2.05) is 0 Å². The fraction of sp³-hybridized carbons (Fsp3) is 0.583. The molecule has 0 bridgehead atoms. The smallest absolute Gasteiger partial charge is 0.423 e. The summed E-state index contributed by atoms with van der Waals surface area (Å²) in [6.07, 6.45) is 1.44. The molecular weight excluding hydrogens is 233 g/mol. The highest BCUT2D eigenvalue weighted by atomic mass is 16.5. The Labute approximate surface area is 108 Å². The second-order valence-electron chi connectivity index (χ2n) is 5.28. The van der Waals surface area contributed by atoms with E-state index in [0.29, 0.717) is 11.2 Å². The van der Waals surface area contributed by atoms with E-state index in [9.17, 15) is 10.1 Å². The Hall–Kier alpha value is -0.945. The van der Waals surface area contributed by atoms with Crippen LogP contribution in [-0.2, 0) is 11.3 Å². The minimum atomic E-state index is -1.17. The topological polar surface area (TPSA) is 82.8 Å². The van der Waals surface area contributed by atoms with Crippen molar-refractivity contribution in [3.05, 3.63) is 24.0 Å². The number of aliphatic hydroxyl groups is 2. The molecule has 0 amide bonds. The fourth-order valence-electron chi connectivity index (χ4n) is 1.17. The first-order valence-corrected chi connectivity index (χ1v) is 5.81. The molecule has 1 rings (SSSR count). The van der Waals surface area contributed by atoms with Gasteiger partial charge in [-0.25, -0.2) is 0 Å². The lowest BCUT2D eigenvalue weighted by Gasteiger charge is -2.38. The highest BCUT2D eigenvalue weighted by molar-refractivity contribution is 6.59. The molecule has 0 aliphatic rings. The molecule has 0 atom stereocenters. The minimum Gasteiger partial charge on any atom is -0.423 e. The summed E-state index contributed by atoms with van der Waals surface area (Å²) in [6.45, 7) is 6.49. The summed E-state index contributed by atoms with van der Waals surface area (Å²) in [5.74, 6) is 0. The van der Waals surface area contributed by atoms with E-state index in [4.69, 9.17) is 9.76 Å². The van der Waals surface area contributed by atoms with E-state index in [0.717, 1.165) is 0 Å². The Kier molecular flexibility index (Phi) is 4.50. The van der Waals surface area contributed by atoms with Crippen molar-refractivity contribution in [1.82, 2.24) is 4.98 Å². The van der Waals surface area contributed by atoms with E-state index < -0.39 is 18.3 Å². The quantitative estimate of drug-likeness (QED) is 0.634. The Morgan fingerprint density at radius 2 is 1.89 bits per heavy atom. The van der Waals surface area contributed by atoms with Crippen molar-refractivity contribution in [2.75, 3.05) is 0 Å². The molecule has 1 heterocycles. The summed E-state index contributed by atoms with van der Waals surface area (Å²) in [6, 6.07) is 3.24. The Balaban J connectivity index is 2.78. The van der Waals surface area contributed by atoms with Crippen molar-refractivity contribution >= 4 is 12.6 Å². The van der Waals surface area contributed by atoms with Crippen LogP contribution in [0.4, 0.5) is 0 Å². The SMILES string of the molecule is CC(C)(O)C(C)(C)OB(O)c1ccc(CO)nc1. The first kappa shape index (κ1) is 15.1. The van der Waals surface area contributed by atoms with Crippen LogP contribution in [0.5, 0.6) is 0 Å². The van der Waals surface area contributed by atoms with E-state index in [1.54, 1.807) is 39.8 Å². The predicted octanol–water partition coefficient (Wildman–Crippen LogP) is -0.173. The van der Waals surface area contributed by atoms with Crippen LogP contribution in [0.1, 0.15) is 33.4 Å². The van der Waals surface area contributed by atoms with Crippen LogP contribution in [0.2, 0.25) is 0 Å². The van der Waals surface area contributed by atoms with Crippen LogP contribution >= 0.6 is 0 Å². The van der Waals surface area contributed by atoms with Gasteiger partial charge in [-0.3, -0.25) is 4.98 Å². The monoisotopic (exact) mass is 253 g/mol. The van der Waals surface area contributed by atoms with Gasteiger partial charge in [-0.05, 0) is 33.8 Å². The summed E-state index contributed by atoms with van der Waals surface area (Å²) in [5.41, 5.74) is -1.01. The van der Waals surface area contributed by atoms with Crippen molar-refractivity contribution < 1.29 is 19.9 Å². The molecule has 0 aromatic carbocycles. The highest BCUT2D eigenvalue weighted by Gasteiger charge is 2.39. The third-order valence-corrected chi connectivity index (χ3v) is 3.17. The van der Waals surface area contributed by atoms with Gasteiger partial charge in [0.1, 0.15) is 0 Å². The normalized spacial score (nSPS) is 12.6. The van der Waals surface area contributed by atoms with Crippen LogP contribution < -0.4 is 5.46 Å². The molecule has 5 nitrogen and oxygen atoms in total. The molecule has 1 aromatic heterocycles. The number of nitrogens with zero attached hydrogens (tertiary/aromatic N) is 1. The molecule has 0 radical (unpaired) electrons. The first-order valence-electron chi connectivity index (χ1n) is 5.81. The minimum absolute atomic E-state index is 0.146. The van der Waals surface area contributed by atoms with Crippen molar-refractivity contribution in [3.8, 4) is 0 Å². The van der Waals surface area contributed by atoms with Gasteiger partial charge >= 0.3 is 7.12 Å². The van der Waals surface area contributed by atoms with Gasteiger partial charge in [-0.15, -0.1) is 0 Å². The number of hydrogen-bond acceptors (Lipinski definition) is 5. The largest absolute Gasteiger partial charge is 0.493 e. The fourth-order valence-corrected chi connectivity index (χ4v) is 1.17. The maximum absolute atomic E-state index is 9.95. The number of rotatable bonds is 5. The van der Waals surface area contributed by atoms with Crippen molar-refractivity contribution in [3.63, 3.8) is 0 Å². The molecule has 0 saturated carbocycles. The molecule has 6 heteroatoms. The van der Waals surface area contributed by atoms with E-state index in [1.165, 1.54) is 6.20 Å². The molecule has 0 spiro atoms. The van der Waals surface area contributed by atoms with Crippen LogP contribution in [0, 0.1) is 0 Å². The Morgan fingerprint density at radius 1 is 1.28 bits per heavy atom. The van der Waals surface area contributed by atoms with Crippen LogP contribution in [0.15, 0.2) is 18.3 Å². The summed E-state index contributed by atoms with van der Waals surface area (Å²) in [4.78, 5) is 3.96. The molecule has 0 saturated heterocycles. The third-order valence-electron chi connectivity index (χ3n) is 3.17. The van der Waals surface area contributed by atoms with E-state index in [-0.39, 0.29) is 6.61 Å². The maximum atomic E-state index is 9.95. The van der Waals surface area contributed by atoms with Crippen LogP contribution in [0.3, 0.4) is 0 Å². The van der Waals surface area contributed by atoms with Gasteiger partial charge in [0.05, 0.1) is 23.5 Å². The van der Waals surface area contributed by atoms with Gasteiger partial charge < -0.3 is 19.9 Å². The second kappa shape index (κ2) is 5.36. The molecule has 3 N–H and O–H groups in total. The van der Waals surface area contributed by atoms with Crippen LogP contribution in [0.25, 0.3) is 0 Å². The van der Waals surface area contributed by atoms with Crippen LogP contribution in [-0.4, -0.2) is 38.5 Å². The predicted molar refractivity (Wildman–Crippen MR) is 69.2 cm³/mol. The lowest BCUT2D eigenvalue weighted by molar-refractivity contribution is -0.0982. The zero-order valence-electron chi connectivity index (χ0n) is 11.2. The molecule has 100 valence electrons. The van der Waals surface area contributed by atoms with Crippen molar-refractivity contribution in [2.45, 2.75) is 45.5 Å². The summed E-state index contributed by atoms with van der Waals surface area (Å²) < 4.78 is 5.46. The number of pyridine rings is 1. The molecule has 0 aliphatic heterocycles. The zero-order valence-corrected chi connectivity index (χ0v) is 11.2. The maximum Gasteiger partial charge on any atom is 0.493 e. The number of aromatic nitrogens is 1. The van der Waals surface area contributed by atoms with E-state index >= 15 is 0 Å². The molecule has 1 aromatic rings. The average molecular weight is 253 g/mol. The first-order chi connectivity index (χ1) is 8.17. The Bertz CT molecular complexity index is 386. The number of aliphatic hydroxyl groups excluding tert-OH is 1.